The number of piperidine rings is 1. The second kappa shape index (κ2) is 6.92. The number of amides is 1. The third kappa shape index (κ3) is 3.26. The Morgan fingerprint density at radius 3 is 2.31 bits per heavy atom. The van der Waals surface area contributed by atoms with Gasteiger partial charge in [0.05, 0.1) is 18.1 Å². The standard InChI is InChI=1S/C18H24N2O5S/c21-17(19-10-6-18(7-11-19)24-12-13-25-18)15-4-3-5-16(14-15)26(22,23)20-8-1-2-9-20/h3-5,14H,1-2,6-13H2. The molecule has 8 heteroatoms. The van der Waals surface area contributed by atoms with Crippen molar-refractivity contribution in [3.05, 3.63) is 29.8 Å². The van der Waals surface area contributed by atoms with Gasteiger partial charge in [0.15, 0.2) is 5.79 Å². The maximum Gasteiger partial charge on any atom is 0.253 e. The molecule has 0 bridgehead atoms. The third-order valence-electron chi connectivity index (χ3n) is 5.41. The molecule has 3 aliphatic rings. The molecule has 0 unspecified atom stereocenters. The Kier molecular flexibility index (Phi) is 4.77. The van der Waals surface area contributed by atoms with Gasteiger partial charge >= 0.3 is 0 Å². The van der Waals surface area contributed by atoms with Crippen LogP contribution in [0.2, 0.25) is 0 Å². The molecule has 3 aliphatic heterocycles. The van der Waals surface area contributed by atoms with Crippen molar-refractivity contribution >= 4 is 15.9 Å². The molecule has 1 spiro atoms. The molecule has 0 aromatic heterocycles. The number of sulfonamides is 1. The first-order valence-corrected chi connectivity index (χ1v) is 10.6. The molecule has 7 nitrogen and oxygen atoms in total. The van der Waals surface area contributed by atoms with Gasteiger partial charge in [-0.3, -0.25) is 4.79 Å². The Hall–Kier alpha value is -1.48. The van der Waals surface area contributed by atoms with Crippen LogP contribution in [0, 0.1) is 0 Å². The summed E-state index contributed by atoms with van der Waals surface area (Å²) in [6.07, 6.45) is 3.06. The fraction of sp³-hybridized carbons (Fsp3) is 0.611. The Bertz CT molecular complexity index is 773. The van der Waals surface area contributed by atoms with E-state index in [2.05, 4.69) is 0 Å². The van der Waals surface area contributed by atoms with E-state index < -0.39 is 15.8 Å². The first kappa shape index (κ1) is 17.9. The van der Waals surface area contributed by atoms with Crippen molar-refractivity contribution in [2.45, 2.75) is 36.4 Å². The second-order valence-corrected chi connectivity index (χ2v) is 8.98. The fourth-order valence-corrected chi connectivity index (χ4v) is 5.45. The maximum absolute atomic E-state index is 12.8. The van der Waals surface area contributed by atoms with Gasteiger partial charge in [-0.1, -0.05) is 6.07 Å². The number of benzene rings is 1. The number of hydrogen-bond donors (Lipinski definition) is 0. The molecule has 3 heterocycles. The highest BCUT2D eigenvalue weighted by Crippen LogP contribution is 2.32. The largest absolute Gasteiger partial charge is 0.347 e. The zero-order valence-electron chi connectivity index (χ0n) is 14.7. The normalized spacial score (nSPS) is 23.6. The average Bonchev–Trinajstić information content (AvgIpc) is 3.35. The second-order valence-electron chi connectivity index (χ2n) is 7.04. The van der Waals surface area contributed by atoms with Gasteiger partial charge in [-0.05, 0) is 31.0 Å². The van der Waals surface area contributed by atoms with Gasteiger partial charge in [0.25, 0.3) is 5.91 Å². The van der Waals surface area contributed by atoms with Gasteiger partial charge in [0.2, 0.25) is 10.0 Å². The molecule has 26 heavy (non-hydrogen) atoms. The summed E-state index contributed by atoms with van der Waals surface area (Å²) in [4.78, 5) is 14.8. The fourth-order valence-electron chi connectivity index (χ4n) is 3.89. The molecule has 0 radical (unpaired) electrons. The lowest BCUT2D eigenvalue weighted by Crippen LogP contribution is -2.47. The summed E-state index contributed by atoms with van der Waals surface area (Å²) in [6.45, 7) is 3.39. The van der Waals surface area contributed by atoms with Crippen molar-refractivity contribution in [2.24, 2.45) is 0 Å². The monoisotopic (exact) mass is 380 g/mol. The number of rotatable bonds is 3. The Labute approximate surface area is 153 Å². The summed E-state index contributed by atoms with van der Waals surface area (Å²) in [6, 6.07) is 6.39. The summed E-state index contributed by atoms with van der Waals surface area (Å²) < 4.78 is 38.3. The topological polar surface area (TPSA) is 76.2 Å². The number of carbonyl (C=O) groups is 1. The van der Waals surface area contributed by atoms with Crippen LogP contribution < -0.4 is 0 Å². The molecule has 3 saturated heterocycles. The van der Waals surface area contributed by atoms with E-state index in [1.54, 1.807) is 23.1 Å². The van der Waals surface area contributed by atoms with Crippen LogP contribution in [-0.4, -0.2) is 68.7 Å². The Morgan fingerprint density at radius 1 is 1.00 bits per heavy atom. The zero-order chi connectivity index (χ0) is 18.2. The summed E-state index contributed by atoms with van der Waals surface area (Å²) in [5, 5.41) is 0. The van der Waals surface area contributed by atoms with Crippen molar-refractivity contribution < 1.29 is 22.7 Å². The van der Waals surface area contributed by atoms with E-state index in [4.69, 9.17) is 9.47 Å². The van der Waals surface area contributed by atoms with E-state index >= 15 is 0 Å². The SMILES string of the molecule is O=C(c1cccc(S(=O)(=O)N2CCCC2)c1)N1CCC2(CC1)OCCO2. The lowest BCUT2D eigenvalue weighted by molar-refractivity contribution is -0.181. The quantitative estimate of drug-likeness (QED) is 0.793. The van der Waals surface area contributed by atoms with E-state index in [9.17, 15) is 13.2 Å². The van der Waals surface area contributed by atoms with Crippen molar-refractivity contribution in [1.82, 2.24) is 9.21 Å². The molecule has 0 N–H and O–H groups in total. The minimum absolute atomic E-state index is 0.142. The lowest BCUT2D eigenvalue weighted by Gasteiger charge is -2.37. The van der Waals surface area contributed by atoms with E-state index in [-0.39, 0.29) is 10.8 Å². The molecule has 1 aromatic carbocycles. The molecule has 1 amide bonds. The number of nitrogens with zero attached hydrogens (tertiary/aromatic N) is 2. The first-order valence-electron chi connectivity index (χ1n) is 9.18. The molecule has 3 fully saturated rings. The van der Waals surface area contributed by atoms with Crippen molar-refractivity contribution in [2.75, 3.05) is 39.4 Å². The van der Waals surface area contributed by atoms with Gasteiger partial charge in [0, 0.05) is 44.6 Å². The molecule has 4 rings (SSSR count). The summed E-state index contributed by atoms with van der Waals surface area (Å²) >= 11 is 0. The molecular formula is C18H24N2O5S. The smallest absolute Gasteiger partial charge is 0.253 e. The van der Waals surface area contributed by atoms with Gasteiger partial charge in [-0.25, -0.2) is 8.42 Å². The molecule has 0 aliphatic carbocycles. The predicted molar refractivity (Wildman–Crippen MR) is 94.2 cm³/mol. The van der Waals surface area contributed by atoms with Crippen molar-refractivity contribution in [3.63, 3.8) is 0 Å². The zero-order valence-corrected chi connectivity index (χ0v) is 15.5. The number of carbonyl (C=O) groups excluding carboxylic acids is 1. The predicted octanol–water partition coefficient (Wildman–Crippen LogP) is 1.45. The highest BCUT2D eigenvalue weighted by atomic mass is 32.2. The van der Waals surface area contributed by atoms with Crippen LogP contribution in [0.1, 0.15) is 36.0 Å². The minimum Gasteiger partial charge on any atom is -0.347 e. The molecule has 1 aromatic rings. The Morgan fingerprint density at radius 2 is 1.65 bits per heavy atom. The van der Waals surface area contributed by atoms with Gasteiger partial charge in [-0.2, -0.15) is 4.31 Å². The highest BCUT2D eigenvalue weighted by molar-refractivity contribution is 7.89. The van der Waals surface area contributed by atoms with Gasteiger partial charge in [-0.15, -0.1) is 0 Å². The van der Waals surface area contributed by atoms with Crippen LogP contribution in [0.3, 0.4) is 0 Å². The minimum atomic E-state index is -3.52. The summed E-state index contributed by atoms with van der Waals surface area (Å²) in [5.74, 6) is -0.672. The van der Waals surface area contributed by atoms with Gasteiger partial charge < -0.3 is 14.4 Å². The van der Waals surface area contributed by atoms with Gasteiger partial charge in [0.1, 0.15) is 0 Å². The first-order chi connectivity index (χ1) is 12.5. The van der Waals surface area contributed by atoms with E-state index in [1.807, 2.05) is 0 Å². The van der Waals surface area contributed by atoms with E-state index in [0.717, 1.165) is 12.8 Å². The Balaban J connectivity index is 1.49. The van der Waals surface area contributed by atoms with Crippen LogP contribution in [-0.2, 0) is 19.5 Å². The van der Waals surface area contributed by atoms with Crippen LogP contribution >= 0.6 is 0 Å². The molecule has 142 valence electrons. The lowest BCUT2D eigenvalue weighted by atomic mass is 10.0. The number of hydrogen-bond acceptors (Lipinski definition) is 5. The van der Waals surface area contributed by atoms with Crippen molar-refractivity contribution in [1.29, 1.82) is 0 Å². The molecular weight excluding hydrogens is 356 g/mol. The van der Waals surface area contributed by atoms with Crippen LogP contribution in [0.15, 0.2) is 29.2 Å². The summed E-state index contributed by atoms with van der Waals surface area (Å²) in [5.41, 5.74) is 0.412. The third-order valence-corrected chi connectivity index (χ3v) is 7.30. The van der Waals surface area contributed by atoms with Crippen LogP contribution in [0.5, 0.6) is 0 Å². The average molecular weight is 380 g/mol. The number of likely N-dealkylation sites (tertiary alicyclic amines) is 1. The molecule has 0 saturated carbocycles. The van der Waals surface area contributed by atoms with Crippen molar-refractivity contribution in [3.8, 4) is 0 Å². The maximum atomic E-state index is 12.8. The van der Waals surface area contributed by atoms with Crippen LogP contribution in [0.25, 0.3) is 0 Å². The van der Waals surface area contributed by atoms with Crippen LogP contribution in [0.4, 0.5) is 0 Å². The van der Waals surface area contributed by atoms with E-state index in [0.29, 0.717) is 57.8 Å². The molecule has 0 atom stereocenters. The highest BCUT2D eigenvalue weighted by Gasteiger charge is 2.41. The van der Waals surface area contributed by atoms with E-state index in [1.165, 1.54) is 10.4 Å². The number of ether oxygens (including phenoxy) is 2. The summed E-state index contributed by atoms with van der Waals surface area (Å²) in [7, 11) is -3.52.